The summed E-state index contributed by atoms with van der Waals surface area (Å²) in [4.78, 5) is 2.71. The van der Waals surface area contributed by atoms with Crippen LogP contribution in [0.2, 0.25) is 0 Å². The van der Waals surface area contributed by atoms with Crippen LogP contribution in [0.3, 0.4) is 0 Å². The molecule has 4 unspecified atom stereocenters. The van der Waals surface area contributed by atoms with Crippen LogP contribution in [-0.2, 0) is 4.74 Å². The Labute approximate surface area is 118 Å². The van der Waals surface area contributed by atoms with Crippen LogP contribution in [0.5, 0.6) is 0 Å². The van der Waals surface area contributed by atoms with E-state index >= 15 is 0 Å². The highest BCUT2D eigenvalue weighted by molar-refractivity contribution is 5.08. The van der Waals surface area contributed by atoms with Gasteiger partial charge in [-0.2, -0.15) is 0 Å². The first-order chi connectivity index (χ1) is 8.84. The molecule has 0 amide bonds. The van der Waals surface area contributed by atoms with Gasteiger partial charge in [-0.1, -0.05) is 27.7 Å². The lowest BCUT2D eigenvalue weighted by Crippen LogP contribution is -2.64. The first kappa shape index (κ1) is 15.3. The second-order valence-corrected chi connectivity index (χ2v) is 7.61. The third-order valence-corrected chi connectivity index (χ3v) is 5.43. The summed E-state index contributed by atoms with van der Waals surface area (Å²) in [6.07, 6.45) is 4.00. The number of nitrogens with zero attached hydrogens (tertiary/aromatic N) is 1. The molecule has 3 nitrogen and oxygen atoms in total. The average molecular weight is 268 g/mol. The maximum atomic E-state index is 6.29. The molecule has 2 rings (SSSR count). The van der Waals surface area contributed by atoms with Crippen molar-refractivity contribution in [1.82, 2.24) is 4.90 Å². The van der Waals surface area contributed by atoms with E-state index in [1.165, 1.54) is 12.8 Å². The maximum Gasteiger partial charge on any atom is 0.0675 e. The van der Waals surface area contributed by atoms with Crippen LogP contribution in [0.4, 0.5) is 0 Å². The smallest absolute Gasteiger partial charge is 0.0675 e. The van der Waals surface area contributed by atoms with Gasteiger partial charge in [0.1, 0.15) is 0 Å². The van der Waals surface area contributed by atoms with Crippen molar-refractivity contribution in [2.45, 2.75) is 71.6 Å². The van der Waals surface area contributed by atoms with E-state index in [-0.39, 0.29) is 5.54 Å². The molecule has 1 heterocycles. The molecule has 0 spiro atoms. The number of hydrogen-bond acceptors (Lipinski definition) is 3. The van der Waals surface area contributed by atoms with Gasteiger partial charge in [0, 0.05) is 24.7 Å². The van der Waals surface area contributed by atoms with Crippen LogP contribution < -0.4 is 5.73 Å². The van der Waals surface area contributed by atoms with E-state index in [0.717, 1.165) is 26.1 Å². The lowest BCUT2D eigenvalue weighted by molar-refractivity contribution is -0.108. The lowest BCUT2D eigenvalue weighted by Gasteiger charge is -2.51. The molecule has 1 aliphatic heterocycles. The Morgan fingerprint density at radius 1 is 1.32 bits per heavy atom. The monoisotopic (exact) mass is 268 g/mol. The predicted octanol–water partition coefficient (Wildman–Crippen LogP) is 2.64. The molecule has 1 saturated heterocycles. The molecule has 4 atom stereocenters. The summed E-state index contributed by atoms with van der Waals surface area (Å²) in [5.74, 6) is 0.673. The number of rotatable bonds is 3. The van der Waals surface area contributed by atoms with Gasteiger partial charge in [-0.25, -0.2) is 0 Å². The highest BCUT2D eigenvalue weighted by Gasteiger charge is 2.53. The van der Waals surface area contributed by atoms with Crippen molar-refractivity contribution < 1.29 is 4.74 Å². The van der Waals surface area contributed by atoms with Gasteiger partial charge in [-0.05, 0) is 37.5 Å². The molecular weight excluding hydrogens is 236 g/mol. The van der Waals surface area contributed by atoms with Crippen LogP contribution in [0.25, 0.3) is 0 Å². The molecule has 2 fully saturated rings. The molecule has 2 N–H and O–H groups in total. The summed E-state index contributed by atoms with van der Waals surface area (Å²) < 4.78 is 5.87. The van der Waals surface area contributed by atoms with Gasteiger partial charge in [0.2, 0.25) is 0 Å². The second-order valence-electron chi connectivity index (χ2n) is 7.61. The van der Waals surface area contributed by atoms with E-state index in [2.05, 4.69) is 39.5 Å². The quantitative estimate of drug-likeness (QED) is 0.855. The maximum absolute atomic E-state index is 6.29. The molecule has 0 aromatic carbocycles. The average Bonchev–Trinajstić information content (AvgIpc) is 2.59. The second kappa shape index (κ2) is 5.34. The van der Waals surface area contributed by atoms with E-state index in [4.69, 9.17) is 10.5 Å². The normalized spacial score (nSPS) is 43.6. The fourth-order valence-corrected chi connectivity index (χ4v) is 4.60. The Balaban J connectivity index is 2.28. The summed E-state index contributed by atoms with van der Waals surface area (Å²) in [7, 11) is 0. The molecule has 1 aliphatic carbocycles. The Bertz CT molecular complexity index is 318. The summed E-state index contributed by atoms with van der Waals surface area (Å²) in [6.45, 7) is 14.3. The molecule has 19 heavy (non-hydrogen) atoms. The molecule has 112 valence electrons. The summed E-state index contributed by atoms with van der Waals surface area (Å²) in [5.41, 5.74) is 6.89. The lowest BCUT2D eigenvalue weighted by atomic mass is 9.82. The standard InChI is InChI=1S/C16H32N2O/c1-6-14-9-19-13(3)8-18(14)16(11-17)10-15(4,5)7-12(16)2/h12-14H,6-11,17H2,1-5H3. The zero-order valence-corrected chi connectivity index (χ0v) is 13.4. The van der Waals surface area contributed by atoms with Crippen molar-refractivity contribution in [3.63, 3.8) is 0 Å². The van der Waals surface area contributed by atoms with Crippen LogP contribution in [0.15, 0.2) is 0 Å². The number of morpholine rings is 1. The molecule has 1 saturated carbocycles. The fourth-order valence-electron chi connectivity index (χ4n) is 4.60. The Morgan fingerprint density at radius 3 is 2.47 bits per heavy atom. The minimum atomic E-state index is 0.183. The van der Waals surface area contributed by atoms with Crippen molar-refractivity contribution in [2.75, 3.05) is 19.7 Å². The third kappa shape index (κ3) is 2.70. The van der Waals surface area contributed by atoms with Crippen molar-refractivity contribution in [3.8, 4) is 0 Å². The van der Waals surface area contributed by atoms with E-state index in [9.17, 15) is 0 Å². The van der Waals surface area contributed by atoms with E-state index < -0.39 is 0 Å². The van der Waals surface area contributed by atoms with Gasteiger partial charge in [-0.3, -0.25) is 4.90 Å². The van der Waals surface area contributed by atoms with Gasteiger partial charge < -0.3 is 10.5 Å². The zero-order valence-electron chi connectivity index (χ0n) is 13.4. The highest BCUT2D eigenvalue weighted by Crippen LogP contribution is 2.51. The van der Waals surface area contributed by atoms with E-state index in [1.807, 2.05) is 0 Å². The zero-order chi connectivity index (χ0) is 14.3. The first-order valence-electron chi connectivity index (χ1n) is 7.93. The fraction of sp³-hybridized carbons (Fsp3) is 1.00. The topological polar surface area (TPSA) is 38.5 Å². The van der Waals surface area contributed by atoms with E-state index in [1.54, 1.807) is 0 Å². The van der Waals surface area contributed by atoms with Gasteiger partial charge in [0.25, 0.3) is 0 Å². The largest absolute Gasteiger partial charge is 0.376 e. The Morgan fingerprint density at radius 2 is 2.00 bits per heavy atom. The number of ether oxygens (including phenoxy) is 1. The SMILES string of the molecule is CCC1COC(C)CN1C1(CN)CC(C)(C)CC1C. The van der Waals surface area contributed by atoms with Crippen LogP contribution in [0.1, 0.15) is 53.9 Å². The molecule has 3 heteroatoms. The minimum Gasteiger partial charge on any atom is -0.376 e. The van der Waals surface area contributed by atoms with Crippen LogP contribution in [0, 0.1) is 11.3 Å². The number of hydrogen-bond donors (Lipinski definition) is 1. The molecule has 0 bridgehead atoms. The molecule has 2 aliphatic rings. The Kier molecular flexibility index (Phi) is 4.29. The van der Waals surface area contributed by atoms with Gasteiger partial charge in [0.15, 0.2) is 0 Å². The van der Waals surface area contributed by atoms with Crippen molar-refractivity contribution in [2.24, 2.45) is 17.1 Å². The summed E-state index contributed by atoms with van der Waals surface area (Å²) in [5, 5.41) is 0. The molecule has 0 aromatic heterocycles. The van der Waals surface area contributed by atoms with Crippen molar-refractivity contribution >= 4 is 0 Å². The van der Waals surface area contributed by atoms with Gasteiger partial charge in [-0.15, -0.1) is 0 Å². The van der Waals surface area contributed by atoms with Crippen molar-refractivity contribution in [1.29, 1.82) is 0 Å². The highest BCUT2D eigenvalue weighted by atomic mass is 16.5. The Hall–Kier alpha value is -0.120. The predicted molar refractivity (Wildman–Crippen MR) is 80.2 cm³/mol. The minimum absolute atomic E-state index is 0.183. The molecule has 0 radical (unpaired) electrons. The summed E-state index contributed by atoms with van der Waals surface area (Å²) >= 11 is 0. The first-order valence-corrected chi connectivity index (χ1v) is 7.93. The van der Waals surface area contributed by atoms with Crippen molar-refractivity contribution in [3.05, 3.63) is 0 Å². The number of nitrogens with two attached hydrogens (primary N) is 1. The summed E-state index contributed by atoms with van der Waals surface area (Å²) in [6, 6.07) is 0.538. The van der Waals surface area contributed by atoms with Gasteiger partial charge >= 0.3 is 0 Å². The molecule has 0 aromatic rings. The van der Waals surface area contributed by atoms with Crippen LogP contribution >= 0.6 is 0 Å². The van der Waals surface area contributed by atoms with Gasteiger partial charge in [0.05, 0.1) is 12.7 Å². The third-order valence-electron chi connectivity index (χ3n) is 5.43. The van der Waals surface area contributed by atoms with E-state index in [0.29, 0.717) is 23.5 Å². The molecular formula is C16H32N2O. The van der Waals surface area contributed by atoms with Crippen LogP contribution in [-0.4, -0.2) is 42.3 Å².